The highest BCUT2D eigenvalue weighted by atomic mass is 35.5. The second-order valence-electron chi connectivity index (χ2n) is 7.01. The van der Waals surface area contributed by atoms with Crippen LogP contribution >= 0.6 is 12.4 Å². The topological polar surface area (TPSA) is 159 Å². The number of rotatable bonds is 4. The van der Waals surface area contributed by atoms with Crippen molar-refractivity contribution in [3.63, 3.8) is 0 Å². The second kappa shape index (κ2) is 8.03. The highest BCUT2D eigenvalue weighted by molar-refractivity contribution is 7.89. The first-order valence-electron chi connectivity index (χ1n) is 8.95. The Bertz CT molecular complexity index is 1430. The first-order chi connectivity index (χ1) is 14.1. The number of phenolic OH excluding ortho intramolecular Hbond substituents is 1. The van der Waals surface area contributed by atoms with E-state index in [0.717, 1.165) is 5.56 Å². The Morgan fingerprint density at radius 3 is 2.48 bits per heavy atom. The van der Waals surface area contributed by atoms with Gasteiger partial charge in [-0.05, 0) is 60.5 Å². The molecule has 160 valence electrons. The average molecular weight is 458 g/mol. The van der Waals surface area contributed by atoms with Crippen molar-refractivity contribution in [3.8, 4) is 28.3 Å². The molecule has 1 heterocycles. The number of sulfonamides is 1. The predicted octanol–water partition coefficient (Wildman–Crippen LogP) is 3.26. The third-order valence-corrected chi connectivity index (χ3v) is 5.69. The fourth-order valence-corrected chi connectivity index (χ4v) is 3.88. The van der Waals surface area contributed by atoms with Gasteiger partial charge in [-0.1, -0.05) is 12.1 Å². The molecule has 0 spiro atoms. The van der Waals surface area contributed by atoms with Crippen molar-refractivity contribution in [1.82, 2.24) is 9.97 Å². The van der Waals surface area contributed by atoms with Crippen LogP contribution in [0.15, 0.2) is 59.5 Å². The molecule has 4 rings (SSSR count). The third kappa shape index (κ3) is 4.24. The molecule has 1 aromatic heterocycles. The molecule has 0 saturated heterocycles. The van der Waals surface area contributed by atoms with Crippen LogP contribution in [0.5, 0.6) is 5.75 Å². The minimum atomic E-state index is -3.87. The van der Waals surface area contributed by atoms with Gasteiger partial charge in [-0.2, -0.15) is 0 Å². The minimum Gasteiger partial charge on any atom is -0.507 e. The average Bonchev–Trinajstić information content (AvgIpc) is 3.12. The van der Waals surface area contributed by atoms with Crippen LogP contribution < -0.4 is 10.9 Å². The van der Waals surface area contributed by atoms with Crippen molar-refractivity contribution < 1.29 is 13.5 Å². The summed E-state index contributed by atoms with van der Waals surface area (Å²) in [5.41, 5.74) is 9.74. The number of benzene rings is 3. The Morgan fingerprint density at radius 1 is 1.10 bits per heavy atom. The largest absolute Gasteiger partial charge is 0.507 e. The summed E-state index contributed by atoms with van der Waals surface area (Å²) in [6.07, 6.45) is 0. The van der Waals surface area contributed by atoms with E-state index in [1.54, 1.807) is 42.5 Å². The van der Waals surface area contributed by atoms with E-state index in [0.29, 0.717) is 39.1 Å². The summed E-state index contributed by atoms with van der Waals surface area (Å²) in [7, 11) is -3.87. The van der Waals surface area contributed by atoms with Crippen molar-refractivity contribution in [2.75, 3.05) is 0 Å². The molecule has 0 aliphatic carbocycles. The van der Waals surface area contributed by atoms with Crippen molar-refractivity contribution in [2.45, 2.75) is 11.8 Å². The Hall–Kier alpha value is -3.40. The number of fused-ring (bicyclic) bond motifs is 1. The monoisotopic (exact) mass is 457 g/mol. The van der Waals surface area contributed by atoms with Gasteiger partial charge in [0.05, 0.1) is 21.5 Å². The van der Waals surface area contributed by atoms with Crippen LogP contribution in [0.3, 0.4) is 0 Å². The van der Waals surface area contributed by atoms with Crippen LogP contribution in [0, 0.1) is 12.3 Å². The number of primary sulfonamides is 1. The van der Waals surface area contributed by atoms with Gasteiger partial charge in [-0.3, -0.25) is 5.41 Å². The molecule has 0 amide bonds. The van der Waals surface area contributed by atoms with E-state index >= 15 is 0 Å². The molecule has 0 bridgehead atoms. The molecule has 0 fully saturated rings. The van der Waals surface area contributed by atoms with Crippen LogP contribution in [-0.4, -0.2) is 29.3 Å². The van der Waals surface area contributed by atoms with Gasteiger partial charge in [0, 0.05) is 11.1 Å². The van der Waals surface area contributed by atoms with Gasteiger partial charge in [0.1, 0.15) is 17.4 Å². The summed E-state index contributed by atoms with van der Waals surface area (Å²) in [5, 5.41) is 23.8. The first kappa shape index (κ1) is 22.3. The number of nitrogen functional groups attached to an aromatic ring is 1. The van der Waals surface area contributed by atoms with Crippen LogP contribution in [0.2, 0.25) is 0 Å². The second-order valence-corrected chi connectivity index (χ2v) is 8.57. The number of aromatic amines is 1. The van der Waals surface area contributed by atoms with Crippen molar-refractivity contribution in [2.24, 2.45) is 10.9 Å². The predicted molar refractivity (Wildman–Crippen MR) is 123 cm³/mol. The van der Waals surface area contributed by atoms with Gasteiger partial charge in [0.15, 0.2) is 0 Å². The van der Waals surface area contributed by atoms with Crippen molar-refractivity contribution >= 4 is 39.3 Å². The molecule has 0 saturated carbocycles. The molecule has 4 aromatic rings. The summed E-state index contributed by atoms with van der Waals surface area (Å²) in [6.45, 7) is 1.87. The maximum absolute atomic E-state index is 11.7. The molecule has 10 heteroatoms. The van der Waals surface area contributed by atoms with E-state index in [2.05, 4.69) is 9.97 Å². The van der Waals surface area contributed by atoms with E-state index in [4.69, 9.17) is 16.3 Å². The number of H-pyrrole nitrogens is 1. The Balaban J connectivity index is 0.00000272. The molecule has 0 radical (unpaired) electrons. The maximum atomic E-state index is 11.7. The summed E-state index contributed by atoms with van der Waals surface area (Å²) in [6, 6.07) is 14.8. The Morgan fingerprint density at radius 2 is 1.81 bits per heavy atom. The number of amidine groups is 1. The number of hydrogen-bond donors (Lipinski definition) is 5. The maximum Gasteiger partial charge on any atom is 0.238 e. The molecular weight excluding hydrogens is 438 g/mol. The van der Waals surface area contributed by atoms with Crippen LogP contribution in [0.1, 0.15) is 11.1 Å². The number of hydrogen-bond acceptors (Lipinski definition) is 5. The minimum absolute atomic E-state index is 0. The standard InChI is InChI=1S/C21H19N5O3S.ClH/c1-11-7-15(12-3-2-4-14(9-12)30(24,28)29)19(27)16(8-11)21-25-17-6-5-13(20(22)23)10-18(17)26-21;/h2-10,27H,1H3,(H3,22,23)(H,25,26)(H2,24,28,29);1H. The summed E-state index contributed by atoms with van der Waals surface area (Å²) < 4.78 is 23.4. The van der Waals surface area contributed by atoms with Crippen molar-refractivity contribution in [3.05, 3.63) is 65.7 Å². The zero-order chi connectivity index (χ0) is 21.6. The summed E-state index contributed by atoms with van der Waals surface area (Å²) in [4.78, 5) is 7.65. The van der Waals surface area contributed by atoms with Gasteiger partial charge in [-0.15, -0.1) is 12.4 Å². The lowest BCUT2D eigenvalue weighted by molar-refractivity contribution is 0.479. The number of nitrogens with zero attached hydrogens (tertiary/aromatic N) is 1. The molecule has 0 atom stereocenters. The fourth-order valence-electron chi connectivity index (χ4n) is 3.32. The van der Waals surface area contributed by atoms with E-state index in [1.807, 2.05) is 6.92 Å². The number of nitrogens with one attached hydrogen (secondary N) is 2. The number of nitrogens with two attached hydrogens (primary N) is 2. The van der Waals surface area contributed by atoms with E-state index in [1.165, 1.54) is 12.1 Å². The summed E-state index contributed by atoms with van der Waals surface area (Å²) in [5.74, 6) is 0.345. The lowest BCUT2D eigenvalue weighted by Gasteiger charge is -2.11. The zero-order valence-electron chi connectivity index (χ0n) is 16.4. The number of aromatic nitrogens is 2. The van der Waals surface area contributed by atoms with Crippen LogP contribution in [0.25, 0.3) is 33.5 Å². The number of phenols is 1. The fraction of sp³-hybridized carbons (Fsp3) is 0.0476. The molecule has 7 N–H and O–H groups in total. The van der Waals surface area contributed by atoms with Gasteiger partial charge in [-0.25, -0.2) is 18.5 Å². The number of halogens is 1. The van der Waals surface area contributed by atoms with Crippen molar-refractivity contribution in [1.29, 1.82) is 5.41 Å². The lowest BCUT2D eigenvalue weighted by Crippen LogP contribution is -2.11. The van der Waals surface area contributed by atoms with Gasteiger partial charge in [0.25, 0.3) is 0 Å². The molecule has 31 heavy (non-hydrogen) atoms. The van der Waals surface area contributed by atoms with E-state index < -0.39 is 10.0 Å². The lowest BCUT2D eigenvalue weighted by atomic mass is 9.98. The Kier molecular flexibility index (Phi) is 5.77. The normalized spacial score (nSPS) is 11.3. The molecule has 0 unspecified atom stereocenters. The molecule has 8 nitrogen and oxygen atoms in total. The molecule has 0 aliphatic rings. The number of aromatic hydroxyl groups is 1. The van der Waals surface area contributed by atoms with Gasteiger partial charge >= 0.3 is 0 Å². The number of imidazole rings is 1. The van der Waals surface area contributed by atoms with E-state index in [9.17, 15) is 13.5 Å². The Labute approximate surface area is 184 Å². The molecule has 0 aliphatic heterocycles. The quantitative estimate of drug-likeness (QED) is 0.234. The zero-order valence-corrected chi connectivity index (χ0v) is 18.0. The SMILES string of the molecule is Cc1cc(-c2cccc(S(N)(=O)=O)c2)c(O)c(-c2nc3ccc(C(=N)N)cc3[nH]2)c1.Cl. The van der Waals surface area contributed by atoms with Crippen LogP contribution in [-0.2, 0) is 10.0 Å². The first-order valence-corrected chi connectivity index (χ1v) is 10.5. The third-order valence-electron chi connectivity index (χ3n) is 4.78. The molecular formula is C21H20ClN5O3S. The number of aryl methyl sites for hydroxylation is 1. The summed E-state index contributed by atoms with van der Waals surface area (Å²) >= 11 is 0. The van der Waals surface area contributed by atoms with Crippen LogP contribution in [0.4, 0.5) is 0 Å². The highest BCUT2D eigenvalue weighted by Gasteiger charge is 2.17. The van der Waals surface area contributed by atoms with Gasteiger partial charge in [0.2, 0.25) is 10.0 Å². The van der Waals surface area contributed by atoms with E-state index in [-0.39, 0.29) is 28.9 Å². The van der Waals surface area contributed by atoms with Gasteiger partial charge < -0.3 is 15.8 Å². The smallest absolute Gasteiger partial charge is 0.238 e. The highest BCUT2D eigenvalue weighted by Crippen LogP contribution is 2.39. The molecule has 3 aromatic carbocycles.